The Balaban J connectivity index is 1.68. The molecule has 1 aliphatic heterocycles. The molecule has 9 heteroatoms. The van der Waals surface area contributed by atoms with Gasteiger partial charge in [0, 0.05) is 35.5 Å². The zero-order valence-electron chi connectivity index (χ0n) is 16.7. The standard InChI is InChI=1S/C19H27N5O3S/c1-13(2)24-19(5-7-21-24)23-14(3)9-17(15(23)4)11-20-22-18(25)10-16-6-8-28(26,27)12-16/h5,7,9,11,13,16H,6,8,10,12H2,1-4H3,(H,22,25)/b20-11-/t16-/m0/s1. The molecule has 0 aliphatic carbocycles. The largest absolute Gasteiger partial charge is 0.303 e. The lowest BCUT2D eigenvalue weighted by atomic mass is 10.1. The molecule has 3 heterocycles. The Bertz CT molecular complexity index is 1000. The maximum absolute atomic E-state index is 12.0. The number of aryl methyl sites for hydroxylation is 1. The fraction of sp³-hybridized carbons (Fsp3) is 0.526. The maximum Gasteiger partial charge on any atom is 0.240 e. The second-order valence-corrected chi connectivity index (χ2v) is 9.88. The normalized spacial score (nSPS) is 19.0. The Kier molecular flexibility index (Phi) is 5.74. The number of aromatic nitrogens is 3. The quantitative estimate of drug-likeness (QED) is 0.588. The van der Waals surface area contributed by atoms with Crippen molar-refractivity contribution >= 4 is 22.0 Å². The molecular formula is C19H27N5O3S. The number of amides is 1. The van der Waals surface area contributed by atoms with Crippen LogP contribution in [0.2, 0.25) is 0 Å². The van der Waals surface area contributed by atoms with Gasteiger partial charge in [-0.3, -0.25) is 4.79 Å². The van der Waals surface area contributed by atoms with Crippen molar-refractivity contribution in [1.29, 1.82) is 0 Å². The third kappa shape index (κ3) is 4.35. The van der Waals surface area contributed by atoms with Crippen molar-refractivity contribution in [3.63, 3.8) is 0 Å². The Morgan fingerprint density at radius 3 is 2.82 bits per heavy atom. The van der Waals surface area contributed by atoms with E-state index in [9.17, 15) is 13.2 Å². The number of nitrogens with one attached hydrogen (secondary N) is 1. The van der Waals surface area contributed by atoms with Crippen LogP contribution in [-0.2, 0) is 14.6 Å². The molecule has 0 spiro atoms. The number of hydrogen-bond acceptors (Lipinski definition) is 5. The van der Waals surface area contributed by atoms with E-state index >= 15 is 0 Å². The van der Waals surface area contributed by atoms with E-state index in [4.69, 9.17) is 0 Å². The number of carbonyl (C=O) groups is 1. The van der Waals surface area contributed by atoms with Crippen molar-refractivity contribution in [1.82, 2.24) is 19.8 Å². The molecular weight excluding hydrogens is 378 g/mol. The first kappa shape index (κ1) is 20.3. The van der Waals surface area contributed by atoms with Crippen LogP contribution >= 0.6 is 0 Å². The van der Waals surface area contributed by atoms with Crippen LogP contribution in [0.1, 0.15) is 49.7 Å². The van der Waals surface area contributed by atoms with E-state index in [0.717, 1.165) is 22.8 Å². The van der Waals surface area contributed by atoms with E-state index in [1.54, 1.807) is 12.4 Å². The van der Waals surface area contributed by atoms with Crippen molar-refractivity contribution in [2.75, 3.05) is 11.5 Å². The molecule has 1 N–H and O–H groups in total. The molecule has 1 atom stereocenters. The highest BCUT2D eigenvalue weighted by atomic mass is 32.2. The minimum absolute atomic E-state index is 0.0921. The summed E-state index contributed by atoms with van der Waals surface area (Å²) < 4.78 is 27.0. The van der Waals surface area contributed by atoms with Crippen LogP contribution in [0.25, 0.3) is 5.82 Å². The van der Waals surface area contributed by atoms with E-state index in [1.165, 1.54) is 0 Å². The van der Waals surface area contributed by atoms with Crippen LogP contribution in [0.4, 0.5) is 0 Å². The summed E-state index contributed by atoms with van der Waals surface area (Å²) in [6.07, 6.45) is 4.14. The number of rotatable bonds is 6. The predicted octanol–water partition coefficient (Wildman–Crippen LogP) is 2.15. The monoisotopic (exact) mass is 405 g/mol. The average molecular weight is 406 g/mol. The molecule has 152 valence electrons. The van der Waals surface area contributed by atoms with Gasteiger partial charge < -0.3 is 4.57 Å². The molecule has 1 saturated heterocycles. The van der Waals surface area contributed by atoms with Crippen LogP contribution in [0.3, 0.4) is 0 Å². The summed E-state index contributed by atoms with van der Waals surface area (Å²) in [5.74, 6) is 0.880. The highest BCUT2D eigenvalue weighted by Gasteiger charge is 2.29. The SMILES string of the molecule is Cc1cc(/C=N\NC(=O)C[C@@H]2CCS(=O)(=O)C2)c(C)n1-c1ccnn1C(C)C. The Morgan fingerprint density at radius 2 is 2.18 bits per heavy atom. The molecule has 8 nitrogen and oxygen atoms in total. The summed E-state index contributed by atoms with van der Waals surface area (Å²) in [6.45, 7) is 8.18. The fourth-order valence-corrected chi connectivity index (χ4v) is 5.53. The van der Waals surface area contributed by atoms with Gasteiger partial charge >= 0.3 is 0 Å². The number of hydrogen-bond donors (Lipinski definition) is 1. The van der Waals surface area contributed by atoms with Gasteiger partial charge in [0.25, 0.3) is 0 Å². The van der Waals surface area contributed by atoms with Gasteiger partial charge in [0.05, 0.1) is 23.9 Å². The first-order chi connectivity index (χ1) is 13.2. The molecule has 0 unspecified atom stereocenters. The average Bonchev–Trinajstić information content (AvgIpc) is 3.26. The Labute approximate surface area is 165 Å². The summed E-state index contributed by atoms with van der Waals surface area (Å²) in [5.41, 5.74) is 5.46. The van der Waals surface area contributed by atoms with Gasteiger partial charge in [-0.25, -0.2) is 18.5 Å². The van der Waals surface area contributed by atoms with Gasteiger partial charge in [-0.15, -0.1) is 0 Å². The van der Waals surface area contributed by atoms with Crippen molar-refractivity contribution in [2.45, 2.75) is 46.6 Å². The first-order valence-corrected chi connectivity index (χ1v) is 11.2. The van der Waals surface area contributed by atoms with Gasteiger partial charge in [0.2, 0.25) is 5.91 Å². The Morgan fingerprint density at radius 1 is 1.43 bits per heavy atom. The predicted molar refractivity (Wildman–Crippen MR) is 109 cm³/mol. The van der Waals surface area contributed by atoms with Gasteiger partial charge in [0.1, 0.15) is 5.82 Å². The van der Waals surface area contributed by atoms with E-state index in [1.807, 2.05) is 30.7 Å². The van der Waals surface area contributed by atoms with E-state index in [-0.39, 0.29) is 35.8 Å². The van der Waals surface area contributed by atoms with Crippen LogP contribution in [-0.4, -0.2) is 46.4 Å². The summed E-state index contributed by atoms with van der Waals surface area (Å²) in [7, 11) is -2.97. The molecule has 0 radical (unpaired) electrons. The van der Waals surface area contributed by atoms with Crippen molar-refractivity contribution in [3.05, 3.63) is 35.3 Å². The van der Waals surface area contributed by atoms with E-state index in [2.05, 4.69) is 34.0 Å². The molecule has 0 bridgehead atoms. The van der Waals surface area contributed by atoms with Crippen molar-refractivity contribution in [3.8, 4) is 5.82 Å². The minimum Gasteiger partial charge on any atom is -0.303 e. The molecule has 0 saturated carbocycles. The summed E-state index contributed by atoms with van der Waals surface area (Å²) in [6, 6.07) is 4.21. The van der Waals surface area contributed by atoms with E-state index < -0.39 is 9.84 Å². The minimum atomic E-state index is -2.97. The van der Waals surface area contributed by atoms with Crippen molar-refractivity contribution < 1.29 is 13.2 Å². The second kappa shape index (κ2) is 7.90. The van der Waals surface area contributed by atoms with Crippen LogP contribution in [0.5, 0.6) is 0 Å². The smallest absolute Gasteiger partial charge is 0.240 e. The highest BCUT2D eigenvalue weighted by molar-refractivity contribution is 7.91. The molecule has 1 fully saturated rings. The molecule has 1 amide bonds. The van der Waals surface area contributed by atoms with Crippen LogP contribution in [0.15, 0.2) is 23.4 Å². The van der Waals surface area contributed by atoms with Gasteiger partial charge in [-0.2, -0.15) is 10.2 Å². The van der Waals surface area contributed by atoms with E-state index in [0.29, 0.717) is 6.42 Å². The number of hydrazone groups is 1. The summed E-state index contributed by atoms with van der Waals surface area (Å²) in [5, 5.41) is 8.45. The van der Waals surface area contributed by atoms with Crippen LogP contribution in [0, 0.1) is 19.8 Å². The zero-order chi connectivity index (χ0) is 20.5. The Hall–Kier alpha value is -2.42. The number of sulfone groups is 1. The van der Waals surface area contributed by atoms with Gasteiger partial charge in [0.15, 0.2) is 9.84 Å². The lowest BCUT2D eigenvalue weighted by Crippen LogP contribution is -2.21. The van der Waals surface area contributed by atoms with Gasteiger partial charge in [-0.1, -0.05) is 0 Å². The third-order valence-corrected chi connectivity index (χ3v) is 6.87. The molecule has 28 heavy (non-hydrogen) atoms. The number of nitrogens with zero attached hydrogens (tertiary/aromatic N) is 4. The maximum atomic E-state index is 12.0. The molecule has 3 rings (SSSR count). The summed E-state index contributed by atoms with van der Waals surface area (Å²) >= 11 is 0. The lowest BCUT2D eigenvalue weighted by Gasteiger charge is -2.15. The first-order valence-electron chi connectivity index (χ1n) is 9.43. The summed E-state index contributed by atoms with van der Waals surface area (Å²) in [4.78, 5) is 12.0. The fourth-order valence-electron chi connectivity index (χ4n) is 3.67. The lowest BCUT2D eigenvalue weighted by molar-refractivity contribution is -0.121. The van der Waals surface area contributed by atoms with Gasteiger partial charge in [-0.05, 0) is 46.1 Å². The molecule has 0 aromatic carbocycles. The number of carbonyl (C=O) groups excluding carboxylic acids is 1. The topological polar surface area (TPSA) is 98.3 Å². The molecule has 2 aromatic rings. The van der Waals surface area contributed by atoms with Crippen molar-refractivity contribution in [2.24, 2.45) is 11.0 Å². The molecule has 1 aliphatic rings. The van der Waals surface area contributed by atoms with Crippen LogP contribution < -0.4 is 5.43 Å². The third-order valence-electron chi connectivity index (χ3n) is 5.03. The molecule has 2 aromatic heterocycles. The highest BCUT2D eigenvalue weighted by Crippen LogP contribution is 2.22. The second-order valence-electron chi connectivity index (χ2n) is 7.66. The zero-order valence-corrected chi connectivity index (χ0v) is 17.5.